The van der Waals surface area contributed by atoms with Crippen LogP contribution in [-0.2, 0) is 32.2 Å². The van der Waals surface area contributed by atoms with Crippen molar-refractivity contribution in [3.63, 3.8) is 0 Å². The molecule has 0 amide bonds. The number of hydrogen-bond acceptors (Lipinski definition) is 2. The molecule has 2 nitrogen and oxygen atoms in total. The first kappa shape index (κ1) is 14.2. The highest BCUT2D eigenvalue weighted by Crippen LogP contribution is 2.30. The third-order valence-corrected chi connectivity index (χ3v) is 4.33. The van der Waals surface area contributed by atoms with Gasteiger partial charge in [-0.2, -0.15) is 0 Å². The molecule has 0 saturated carbocycles. The molecule has 4 aliphatic carbocycles. The van der Waals surface area contributed by atoms with Crippen LogP contribution in [0.4, 0.5) is 0 Å². The van der Waals surface area contributed by atoms with Crippen molar-refractivity contribution in [1.29, 1.82) is 0 Å². The van der Waals surface area contributed by atoms with Gasteiger partial charge in [0.25, 0.3) is 0 Å². The van der Waals surface area contributed by atoms with Crippen LogP contribution in [0.3, 0.4) is 0 Å². The molecule has 2 aromatic rings. The van der Waals surface area contributed by atoms with Gasteiger partial charge in [0, 0.05) is 12.1 Å². The normalized spacial score (nSPS) is 14.2. The number of rotatable bonds is 2. The monoisotopic (exact) mass is 281 g/mol. The minimum Gasteiger partial charge on any atom is -0.507 e. The van der Waals surface area contributed by atoms with Crippen molar-refractivity contribution in [3.8, 4) is 5.75 Å². The largest absolute Gasteiger partial charge is 0.507 e. The van der Waals surface area contributed by atoms with Crippen LogP contribution in [0.1, 0.15) is 27.8 Å². The van der Waals surface area contributed by atoms with Crippen molar-refractivity contribution in [2.24, 2.45) is 0 Å². The maximum Gasteiger partial charge on any atom is 0.123 e. The molecule has 0 fully saturated rings. The van der Waals surface area contributed by atoms with Gasteiger partial charge in [-0.05, 0) is 62.0 Å². The van der Waals surface area contributed by atoms with Crippen molar-refractivity contribution in [1.82, 2.24) is 4.90 Å². The Kier molecular flexibility index (Phi) is 3.98. The van der Waals surface area contributed by atoms with Gasteiger partial charge in [0.05, 0.1) is 0 Å². The quantitative estimate of drug-likeness (QED) is 0.912. The summed E-state index contributed by atoms with van der Waals surface area (Å²) >= 11 is 0. The topological polar surface area (TPSA) is 23.5 Å². The number of benzene rings is 2. The van der Waals surface area contributed by atoms with Crippen LogP contribution in [0, 0.1) is 0 Å². The summed E-state index contributed by atoms with van der Waals surface area (Å²) in [5.41, 5.74) is 6.16. The van der Waals surface area contributed by atoms with Crippen LogP contribution in [0.15, 0.2) is 36.4 Å². The van der Waals surface area contributed by atoms with Gasteiger partial charge >= 0.3 is 0 Å². The molecule has 0 heterocycles. The molecule has 110 valence electrons. The Bertz CT molecular complexity index is 629. The lowest BCUT2D eigenvalue weighted by Gasteiger charge is -2.19. The van der Waals surface area contributed by atoms with E-state index in [-0.39, 0.29) is 0 Å². The Hall–Kier alpha value is -1.80. The summed E-state index contributed by atoms with van der Waals surface area (Å²) < 4.78 is 0. The molecular formula is C19H23NO. The lowest BCUT2D eigenvalue weighted by atomic mass is 9.92. The molecule has 0 saturated heterocycles. The van der Waals surface area contributed by atoms with Crippen molar-refractivity contribution >= 4 is 0 Å². The third-order valence-electron chi connectivity index (χ3n) is 4.33. The van der Waals surface area contributed by atoms with E-state index in [9.17, 15) is 5.11 Å². The first-order valence-electron chi connectivity index (χ1n) is 7.68. The summed E-state index contributed by atoms with van der Waals surface area (Å²) in [6, 6.07) is 13.3. The molecule has 21 heavy (non-hydrogen) atoms. The highest BCUT2D eigenvalue weighted by Gasteiger charge is 2.14. The number of hydrogen-bond donors (Lipinski definition) is 1. The molecule has 0 atom stereocenters. The molecule has 0 aliphatic heterocycles. The zero-order valence-electron chi connectivity index (χ0n) is 12.9. The second-order valence-corrected chi connectivity index (χ2v) is 6.27. The standard InChI is InChI=1S/C19H23NO/c1-20(2)13-18-16-9-7-14-3-5-15(6-4-14)8-10-17(12-11-16)19(18)21/h3-6,11-12,21H,7-10,13H2,1-2H3. The van der Waals surface area contributed by atoms with Gasteiger partial charge in [-0.1, -0.05) is 36.4 Å². The smallest absolute Gasteiger partial charge is 0.123 e. The van der Waals surface area contributed by atoms with Crippen LogP contribution >= 0.6 is 0 Å². The minimum absolute atomic E-state index is 0.510. The van der Waals surface area contributed by atoms with Gasteiger partial charge in [-0.3, -0.25) is 0 Å². The van der Waals surface area contributed by atoms with E-state index in [4.69, 9.17) is 0 Å². The second-order valence-electron chi connectivity index (χ2n) is 6.27. The third kappa shape index (κ3) is 3.11. The SMILES string of the molecule is CN(C)Cc1c2ccc(c1O)CCc1ccc(cc1)CC2. The molecule has 6 rings (SSSR count). The highest BCUT2D eigenvalue weighted by atomic mass is 16.3. The molecule has 2 heteroatoms. The lowest BCUT2D eigenvalue weighted by molar-refractivity contribution is 0.382. The van der Waals surface area contributed by atoms with Crippen LogP contribution < -0.4 is 0 Å². The van der Waals surface area contributed by atoms with E-state index in [1.807, 2.05) is 0 Å². The summed E-state index contributed by atoms with van der Waals surface area (Å²) in [5.74, 6) is 0.510. The lowest BCUT2D eigenvalue weighted by Crippen LogP contribution is -2.14. The average Bonchev–Trinajstić information content (AvgIpc) is 2.45. The minimum atomic E-state index is 0.510. The fraction of sp³-hybridized carbons (Fsp3) is 0.368. The predicted octanol–water partition coefficient (Wildman–Crippen LogP) is 3.34. The van der Waals surface area contributed by atoms with Gasteiger partial charge in [-0.25, -0.2) is 0 Å². The van der Waals surface area contributed by atoms with E-state index in [1.54, 1.807) is 0 Å². The zero-order chi connectivity index (χ0) is 14.8. The first-order chi connectivity index (χ1) is 10.1. The van der Waals surface area contributed by atoms with E-state index in [1.165, 1.54) is 16.7 Å². The summed E-state index contributed by atoms with van der Waals surface area (Å²) in [5, 5.41) is 10.7. The Morgan fingerprint density at radius 3 is 1.90 bits per heavy atom. The fourth-order valence-electron chi connectivity index (χ4n) is 3.09. The van der Waals surface area contributed by atoms with Gasteiger partial charge in [0.15, 0.2) is 0 Å². The summed E-state index contributed by atoms with van der Waals surface area (Å²) in [6.07, 6.45) is 3.89. The Balaban J connectivity index is 2.02. The number of aryl methyl sites for hydroxylation is 4. The average molecular weight is 281 g/mol. The number of phenols is 1. The number of phenolic OH excluding ortho intramolecular Hbond substituents is 1. The van der Waals surface area contributed by atoms with Crippen LogP contribution in [0.25, 0.3) is 0 Å². The molecule has 4 aliphatic rings. The Labute approximate surface area is 127 Å². The molecule has 2 aromatic carbocycles. The highest BCUT2D eigenvalue weighted by molar-refractivity contribution is 5.46. The van der Waals surface area contributed by atoms with Gasteiger partial charge in [-0.15, -0.1) is 0 Å². The number of aromatic hydroxyl groups is 1. The van der Waals surface area contributed by atoms with E-state index >= 15 is 0 Å². The molecule has 0 spiro atoms. The van der Waals surface area contributed by atoms with Gasteiger partial charge < -0.3 is 10.0 Å². The first-order valence-corrected chi connectivity index (χ1v) is 7.68. The van der Waals surface area contributed by atoms with E-state index < -0.39 is 0 Å². The van der Waals surface area contributed by atoms with E-state index in [0.29, 0.717) is 5.75 Å². The Morgan fingerprint density at radius 2 is 1.33 bits per heavy atom. The molecule has 4 bridgehead atoms. The van der Waals surface area contributed by atoms with Crippen LogP contribution in [-0.4, -0.2) is 24.1 Å². The van der Waals surface area contributed by atoms with Gasteiger partial charge in [0.1, 0.15) is 5.75 Å². The summed E-state index contributed by atoms with van der Waals surface area (Å²) in [7, 11) is 4.11. The van der Waals surface area contributed by atoms with Crippen molar-refractivity contribution in [3.05, 3.63) is 64.2 Å². The van der Waals surface area contributed by atoms with Crippen LogP contribution in [0.5, 0.6) is 5.75 Å². The molecular weight excluding hydrogens is 258 g/mol. The predicted molar refractivity (Wildman–Crippen MR) is 86.8 cm³/mol. The van der Waals surface area contributed by atoms with Crippen molar-refractivity contribution < 1.29 is 5.11 Å². The molecule has 0 aromatic heterocycles. The van der Waals surface area contributed by atoms with Crippen LogP contribution in [0.2, 0.25) is 0 Å². The fourth-order valence-corrected chi connectivity index (χ4v) is 3.09. The zero-order valence-corrected chi connectivity index (χ0v) is 12.9. The maximum atomic E-state index is 10.7. The molecule has 0 unspecified atom stereocenters. The maximum absolute atomic E-state index is 10.7. The van der Waals surface area contributed by atoms with Gasteiger partial charge in [0.2, 0.25) is 0 Å². The van der Waals surface area contributed by atoms with E-state index in [2.05, 4.69) is 55.4 Å². The number of nitrogens with zero attached hydrogens (tertiary/aromatic N) is 1. The second kappa shape index (κ2) is 5.90. The summed E-state index contributed by atoms with van der Waals surface area (Å²) in [6.45, 7) is 0.798. The molecule has 1 N–H and O–H groups in total. The van der Waals surface area contributed by atoms with Crippen molar-refractivity contribution in [2.45, 2.75) is 32.2 Å². The molecule has 0 radical (unpaired) electrons. The van der Waals surface area contributed by atoms with Crippen molar-refractivity contribution in [2.75, 3.05) is 14.1 Å². The Morgan fingerprint density at radius 1 is 0.810 bits per heavy atom. The summed E-state index contributed by atoms with van der Waals surface area (Å²) in [4.78, 5) is 2.13. The van der Waals surface area contributed by atoms with E-state index in [0.717, 1.165) is 43.4 Å².